The smallest absolute Gasteiger partial charge is 0.0905 e. The predicted octanol–water partition coefficient (Wildman–Crippen LogP) is 3.52. The second-order valence-corrected chi connectivity index (χ2v) is 6.84. The average molecular weight is 287 g/mol. The molecule has 2 aromatic rings. The van der Waals surface area contributed by atoms with Crippen molar-refractivity contribution in [1.82, 2.24) is 4.98 Å². The largest absolute Gasteiger partial charge is 0.374 e. The van der Waals surface area contributed by atoms with E-state index in [0.717, 1.165) is 23.7 Å². The molecular formula is C16H21N3S. The van der Waals surface area contributed by atoms with E-state index in [9.17, 15) is 0 Å². The van der Waals surface area contributed by atoms with Crippen molar-refractivity contribution in [1.29, 1.82) is 0 Å². The van der Waals surface area contributed by atoms with Gasteiger partial charge in [-0.25, -0.2) is 4.98 Å². The Balaban J connectivity index is 2.07. The molecule has 20 heavy (non-hydrogen) atoms. The second-order valence-electron chi connectivity index (χ2n) is 5.60. The van der Waals surface area contributed by atoms with Crippen molar-refractivity contribution in [3.05, 3.63) is 33.6 Å². The number of anilines is 1. The summed E-state index contributed by atoms with van der Waals surface area (Å²) in [6.45, 7) is 5.22. The minimum absolute atomic E-state index is 0.0369. The van der Waals surface area contributed by atoms with Gasteiger partial charge in [0.05, 0.1) is 10.7 Å². The number of hydrogen-bond donors (Lipinski definition) is 1. The van der Waals surface area contributed by atoms with Gasteiger partial charge in [-0.15, -0.1) is 11.3 Å². The van der Waals surface area contributed by atoms with Gasteiger partial charge < -0.3 is 10.6 Å². The van der Waals surface area contributed by atoms with Crippen molar-refractivity contribution in [3.8, 4) is 11.3 Å². The summed E-state index contributed by atoms with van der Waals surface area (Å²) in [5.41, 5.74) is 11.1. The van der Waals surface area contributed by atoms with E-state index in [1.54, 1.807) is 11.3 Å². The number of rotatable bonds is 2. The van der Waals surface area contributed by atoms with E-state index in [-0.39, 0.29) is 6.04 Å². The zero-order valence-corrected chi connectivity index (χ0v) is 13.1. The molecule has 0 saturated heterocycles. The van der Waals surface area contributed by atoms with Crippen molar-refractivity contribution < 1.29 is 0 Å². The molecule has 106 valence electrons. The van der Waals surface area contributed by atoms with Crippen LogP contribution in [0.25, 0.3) is 11.3 Å². The van der Waals surface area contributed by atoms with Gasteiger partial charge in [0.2, 0.25) is 0 Å². The Hall–Kier alpha value is -1.39. The number of thiazole rings is 1. The van der Waals surface area contributed by atoms with E-state index < -0.39 is 0 Å². The molecule has 0 bridgehead atoms. The molecule has 0 aliphatic carbocycles. The summed E-state index contributed by atoms with van der Waals surface area (Å²) in [5, 5.41) is 1.09. The minimum atomic E-state index is 0.0369. The lowest BCUT2D eigenvalue weighted by Crippen LogP contribution is -2.24. The number of nitrogens with two attached hydrogens (primary N) is 1. The summed E-state index contributed by atoms with van der Waals surface area (Å²) >= 11 is 1.71. The number of fused-ring (bicyclic) bond motifs is 1. The number of nitrogens with zero attached hydrogens (tertiary/aromatic N) is 2. The lowest BCUT2D eigenvalue weighted by Gasteiger charge is -2.27. The maximum atomic E-state index is 6.09. The average Bonchev–Trinajstić information content (AvgIpc) is 2.81. The first-order valence-electron chi connectivity index (χ1n) is 7.13. The number of hydrogen-bond acceptors (Lipinski definition) is 4. The van der Waals surface area contributed by atoms with Crippen LogP contribution in [0.4, 0.5) is 5.69 Å². The predicted molar refractivity (Wildman–Crippen MR) is 86.5 cm³/mol. The molecule has 3 rings (SSSR count). The second kappa shape index (κ2) is 5.19. The third-order valence-corrected chi connectivity index (χ3v) is 5.05. The molecule has 1 atom stereocenters. The summed E-state index contributed by atoms with van der Waals surface area (Å²) < 4.78 is 0. The van der Waals surface area contributed by atoms with Crippen molar-refractivity contribution in [2.75, 3.05) is 18.5 Å². The van der Waals surface area contributed by atoms with Gasteiger partial charge >= 0.3 is 0 Å². The van der Waals surface area contributed by atoms with Gasteiger partial charge in [-0.3, -0.25) is 0 Å². The van der Waals surface area contributed by atoms with Crippen molar-refractivity contribution in [3.63, 3.8) is 0 Å². The molecule has 2 N–H and O–H groups in total. The Labute approximate surface area is 124 Å². The molecule has 1 unspecified atom stereocenters. The molecule has 4 heteroatoms. The zero-order chi connectivity index (χ0) is 14.3. The first-order chi connectivity index (χ1) is 9.56. The normalized spacial score (nSPS) is 16.1. The molecule has 0 fully saturated rings. The van der Waals surface area contributed by atoms with E-state index in [1.807, 2.05) is 13.8 Å². The van der Waals surface area contributed by atoms with Crippen LogP contribution >= 0.6 is 11.3 Å². The molecule has 1 aliphatic heterocycles. The molecule has 0 spiro atoms. The van der Waals surface area contributed by atoms with Crippen LogP contribution in [0.3, 0.4) is 0 Å². The third kappa shape index (κ3) is 2.34. The maximum absolute atomic E-state index is 6.09. The fourth-order valence-corrected chi connectivity index (χ4v) is 3.79. The van der Waals surface area contributed by atoms with E-state index in [2.05, 4.69) is 30.1 Å². The lowest BCUT2D eigenvalue weighted by atomic mass is 9.98. The summed E-state index contributed by atoms with van der Waals surface area (Å²) in [6.07, 6.45) is 2.38. The Morgan fingerprint density at radius 2 is 2.20 bits per heavy atom. The fraction of sp³-hybridized carbons (Fsp3) is 0.438. The molecule has 0 radical (unpaired) electrons. The number of aromatic nitrogens is 1. The van der Waals surface area contributed by atoms with Gasteiger partial charge in [0.15, 0.2) is 0 Å². The Kier molecular flexibility index (Phi) is 3.52. The van der Waals surface area contributed by atoms with Crippen molar-refractivity contribution in [2.45, 2.75) is 32.7 Å². The zero-order valence-electron chi connectivity index (χ0n) is 12.3. The standard InChI is InChI=1S/C16H21N3S/c1-10(17)16-15(18-11(2)20-16)13-6-7-14-12(9-13)5-4-8-19(14)3/h6-7,9-10H,4-5,8,17H2,1-3H3. The number of aryl methyl sites for hydroxylation is 2. The van der Waals surface area contributed by atoms with Crippen LogP contribution < -0.4 is 10.6 Å². The molecule has 2 heterocycles. The van der Waals surface area contributed by atoms with Crippen LogP contribution in [0.5, 0.6) is 0 Å². The van der Waals surface area contributed by atoms with Gasteiger partial charge in [-0.05, 0) is 44.4 Å². The highest BCUT2D eigenvalue weighted by Crippen LogP contribution is 2.35. The van der Waals surface area contributed by atoms with Gasteiger partial charge in [-0.2, -0.15) is 0 Å². The highest BCUT2D eigenvalue weighted by molar-refractivity contribution is 7.12. The molecular weight excluding hydrogens is 266 g/mol. The molecule has 3 nitrogen and oxygen atoms in total. The summed E-state index contributed by atoms with van der Waals surface area (Å²) in [7, 11) is 2.16. The van der Waals surface area contributed by atoms with Crippen LogP contribution in [0.15, 0.2) is 18.2 Å². The highest BCUT2D eigenvalue weighted by atomic mass is 32.1. The van der Waals surface area contributed by atoms with E-state index >= 15 is 0 Å². The maximum Gasteiger partial charge on any atom is 0.0905 e. The van der Waals surface area contributed by atoms with Crippen molar-refractivity contribution >= 4 is 17.0 Å². The molecule has 1 aromatic heterocycles. The van der Waals surface area contributed by atoms with Gasteiger partial charge in [0.1, 0.15) is 0 Å². The Morgan fingerprint density at radius 1 is 1.40 bits per heavy atom. The molecule has 1 aromatic carbocycles. The van der Waals surface area contributed by atoms with E-state index in [1.165, 1.54) is 28.1 Å². The molecule has 0 amide bonds. The molecule has 1 aliphatic rings. The lowest BCUT2D eigenvalue weighted by molar-refractivity contribution is 0.744. The van der Waals surface area contributed by atoms with E-state index in [4.69, 9.17) is 10.7 Å². The quantitative estimate of drug-likeness (QED) is 0.919. The Morgan fingerprint density at radius 3 is 2.95 bits per heavy atom. The SMILES string of the molecule is Cc1nc(-c2ccc3c(c2)CCCN3C)c(C(C)N)s1. The van der Waals surface area contributed by atoms with Crippen molar-refractivity contribution in [2.24, 2.45) is 5.73 Å². The number of benzene rings is 1. The molecule has 0 saturated carbocycles. The topological polar surface area (TPSA) is 42.2 Å². The summed E-state index contributed by atoms with van der Waals surface area (Å²) in [6, 6.07) is 6.74. The minimum Gasteiger partial charge on any atom is -0.374 e. The monoisotopic (exact) mass is 287 g/mol. The van der Waals surface area contributed by atoms with Gasteiger partial charge in [-0.1, -0.05) is 6.07 Å². The van der Waals surface area contributed by atoms with Gasteiger partial charge in [0, 0.05) is 35.8 Å². The van der Waals surface area contributed by atoms with Crippen LogP contribution in [-0.4, -0.2) is 18.6 Å². The fourth-order valence-electron chi connectivity index (χ4n) is 2.89. The third-order valence-electron chi connectivity index (χ3n) is 3.88. The van der Waals surface area contributed by atoms with Gasteiger partial charge in [0.25, 0.3) is 0 Å². The highest BCUT2D eigenvalue weighted by Gasteiger charge is 2.18. The summed E-state index contributed by atoms with van der Waals surface area (Å²) in [5.74, 6) is 0. The Bertz CT molecular complexity index is 631. The first-order valence-corrected chi connectivity index (χ1v) is 7.95. The van der Waals surface area contributed by atoms with Crippen LogP contribution in [0, 0.1) is 6.92 Å². The van der Waals surface area contributed by atoms with Crippen LogP contribution in [0.2, 0.25) is 0 Å². The van der Waals surface area contributed by atoms with Crippen LogP contribution in [0.1, 0.15) is 34.8 Å². The van der Waals surface area contributed by atoms with E-state index in [0.29, 0.717) is 0 Å². The van der Waals surface area contributed by atoms with Crippen LogP contribution in [-0.2, 0) is 6.42 Å². The first kappa shape index (κ1) is 13.6. The summed E-state index contributed by atoms with van der Waals surface area (Å²) in [4.78, 5) is 8.22.